The van der Waals surface area contributed by atoms with E-state index in [0.717, 1.165) is 42.5 Å². The molecule has 40 heavy (non-hydrogen) atoms. The second-order valence-corrected chi connectivity index (χ2v) is 11.6. The van der Waals surface area contributed by atoms with E-state index in [1.54, 1.807) is 9.80 Å². The predicted molar refractivity (Wildman–Crippen MR) is 152 cm³/mol. The zero-order valence-electron chi connectivity index (χ0n) is 23.9. The maximum absolute atomic E-state index is 14.6. The SMILES string of the molecule is CC[C@]12/C=C\CCCCOC(=O)[C@H]1[C@H]1C(=O)N(CCCCCO)C3C(=O)N(c4cc(C)ccc4C)CC=C[C@@]31O2. The summed E-state index contributed by atoms with van der Waals surface area (Å²) in [6.07, 6.45) is 12.8. The number of aliphatic hydroxyl groups excluding tert-OH is 1. The topological polar surface area (TPSA) is 96.4 Å². The van der Waals surface area contributed by atoms with Crippen LogP contribution in [0.4, 0.5) is 5.69 Å². The van der Waals surface area contributed by atoms with E-state index in [2.05, 4.69) is 6.08 Å². The number of anilines is 1. The van der Waals surface area contributed by atoms with E-state index in [1.165, 1.54) is 0 Å². The van der Waals surface area contributed by atoms with Crippen LogP contribution in [0.1, 0.15) is 63.0 Å². The first-order valence-electron chi connectivity index (χ1n) is 14.8. The molecule has 0 radical (unpaired) electrons. The fourth-order valence-electron chi connectivity index (χ4n) is 7.07. The second-order valence-electron chi connectivity index (χ2n) is 11.6. The lowest BCUT2D eigenvalue weighted by Crippen LogP contribution is -2.56. The van der Waals surface area contributed by atoms with Crippen LogP contribution in [0, 0.1) is 25.7 Å². The molecule has 4 aliphatic rings. The number of hydrogen-bond donors (Lipinski definition) is 1. The number of likely N-dealkylation sites (tertiary alicyclic amines) is 1. The Kier molecular flexibility index (Phi) is 8.20. The van der Waals surface area contributed by atoms with Crippen LogP contribution in [0.2, 0.25) is 0 Å². The van der Waals surface area contributed by atoms with Crippen molar-refractivity contribution in [3.05, 3.63) is 53.6 Å². The number of esters is 1. The summed E-state index contributed by atoms with van der Waals surface area (Å²) in [5.74, 6) is -2.60. The van der Waals surface area contributed by atoms with Crippen molar-refractivity contribution in [2.75, 3.05) is 31.2 Å². The molecule has 1 aromatic rings. The number of fused-ring (bicyclic) bond motifs is 2. The first-order chi connectivity index (χ1) is 19.3. The van der Waals surface area contributed by atoms with E-state index in [9.17, 15) is 19.5 Å². The Labute approximate surface area is 237 Å². The molecule has 1 spiro atoms. The molecule has 8 nitrogen and oxygen atoms in total. The smallest absolute Gasteiger partial charge is 0.313 e. The Morgan fingerprint density at radius 1 is 1.00 bits per heavy atom. The van der Waals surface area contributed by atoms with Gasteiger partial charge in [-0.25, -0.2) is 0 Å². The molecule has 0 aromatic heterocycles. The molecule has 2 saturated heterocycles. The Bertz CT molecular complexity index is 1210. The maximum Gasteiger partial charge on any atom is 0.313 e. The van der Waals surface area contributed by atoms with Gasteiger partial charge in [-0.05, 0) is 76.0 Å². The molecule has 2 amide bonds. The van der Waals surface area contributed by atoms with Crippen LogP contribution in [0.5, 0.6) is 0 Å². The number of allylic oxidation sites excluding steroid dienone is 1. The Morgan fingerprint density at radius 3 is 2.60 bits per heavy atom. The van der Waals surface area contributed by atoms with Crippen LogP contribution in [-0.2, 0) is 23.9 Å². The Morgan fingerprint density at radius 2 is 1.82 bits per heavy atom. The standard InChI is InChI=1S/C32H42N2O6/c1-4-31-15-8-5-6-11-20-39-30(38)26(31)25-28(36)34(17-9-7-10-19-35)27-29(37)33(18-12-16-32(25,27)40-31)24-21-22(2)13-14-23(24)3/h8,12-16,21,25-27,35H,4-7,9-11,17-20H2,1-3H3/b15-8-/t25-,26+,27?,31-,32-/m0/s1. The molecule has 0 bridgehead atoms. The average molecular weight is 551 g/mol. The number of aryl methyl sites for hydroxylation is 2. The minimum absolute atomic E-state index is 0.0778. The van der Waals surface area contributed by atoms with Crippen LogP contribution >= 0.6 is 0 Å². The first-order valence-corrected chi connectivity index (χ1v) is 14.8. The molecule has 4 aliphatic heterocycles. The van der Waals surface area contributed by atoms with Crippen molar-refractivity contribution in [3.63, 3.8) is 0 Å². The van der Waals surface area contributed by atoms with Gasteiger partial charge in [-0.3, -0.25) is 14.4 Å². The van der Waals surface area contributed by atoms with Gasteiger partial charge in [0.05, 0.1) is 12.5 Å². The molecular weight excluding hydrogens is 508 g/mol. The number of amides is 2. The van der Waals surface area contributed by atoms with Gasteiger partial charge in [-0.1, -0.05) is 43.4 Å². The number of unbranched alkanes of at least 4 members (excludes halogenated alkanes) is 2. The van der Waals surface area contributed by atoms with Crippen LogP contribution in [0.3, 0.4) is 0 Å². The highest BCUT2D eigenvalue weighted by molar-refractivity contribution is 6.06. The summed E-state index contributed by atoms with van der Waals surface area (Å²) in [5, 5.41) is 9.29. The molecule has 8 heteroatoms. The lowest BCUT2D eigenvalue weighted by Gasteiger charge is -2.38. The van der Waals surface area contributed by atoms with Gasteiger partial charge in [0.2, 0.25) is 5.91 Å². The van der Waals surface area contributed by atoms with Crippen molar-refractivity contribution < 1.29 is 29.0 Å². The van der Waals surface area contributed by atoms with Crippen LogP contribution in [0.15, 0.2) is 42.5 Å². The highest BCUT2D eigenvalue weighted by atomic mass is 16.6. The molecule has 1 aromatic carbocycles. The van der Waals surface area contributed by atoms with Gasteiger partial charge in [0.25, 0.3) is 5.91 Å². The quantitative estimate of drug-likeness (QED) is 0.313. The van der Waals surface area contributed by atoms with Gasteiger partial charge in [0, 0.05) is 25.4 Å². The molecule has 4 heterocycles. The van der Waals surface area contributed by atoms with Gasteiger partial charge in [0.15, 0.2) is 0 Å². The van der Waals surface area contributed by atoms with Crippen molar-refractivity contribution >= 4 is 23.5 Å². The first kappa shape index (κ1) is 28.6. The molecule has 5 rings (SSSR count). The molecule has 5 atom stereocenters. The molecule has 1 unspecified atom stereocenters. The van der Waals surface area contributed by atoms with Crippen molar-refractivity contribution in [2.45, 2.75) is 83.0 Å². The largest absolute Gasteiger partial charge is 0.465 e. The number of aliphatic hydroxyl groups is 1. The molecule has 0 aliphatic carbocycles. The number of benzene rings is 1. The molecular formula is C32H42N2O6. The number of nitrogens with zero attached hydrogens (tertiary/aromatic N) is 2. The Balaban J connectivity index is 1.63. The van der Waals surface area contributed by atoms with Crippen molar-refractivity contribution in [1.29, 1.82) is 0 Å². The molecule has 216 valence electrons. The van der Waals surface area contributed by atoms with E-state index in [0.29, 0.717) is 39.0 Å². The van der Waals surface area contributed by atoms with E-state index >= 15 is 0 Å². The predicted octanol–water partition coefficient (Wildman–Crippen LogP) is 4.01. The fraction of sp³-hybridized carbons (Fsp3) is 0.594. The van der Waals surface area contributed by atoms with Gasteiger partial charge in [-0.2, -0.15) is 0 Å². The summed E-state index contributed by atoms with van der Waals surface area (Å²) in [6.45, 7) is 7.01. The summed E-state index contributed by atoms with van der Waals surface area (Å²) in [4.78, 5) is 46.2. The van der Waals surface area contributed by atoms with Gasteiger partial charge < -0.3 is 24.4 Å². The normalized spacial score (nSPS) is 32.8. The zero-order chi connectivity index (χ0) is 28.5. The number of rotatable bonds is 7. The number of carbonyl (C=O) groups excluding carboxylic acids is 3. The van der Waals surface area contributed by atoms with E-state index < -0.39 is 35.0 Å². The van der Waals surface area contributed by atoms with Crippen LogP contribution < -0.4 is 4.90 Å². The van der Waals surface area contributed by atoms with E-state index in [1.807, 2.05) is 57.2 Å². The van der Waals surface area contributed by atoms with Crippen molar-refractivity contribution in [3.8, 4) is 0 Å². The number of cyclic esters (lactones) is 1. The third-order valence-corrected chi connectivity index (χ3v) is 9.10. The van der Waals surface area contributed by atoms with Crippen LogP contribution in [-0.4, -0.2) is 71.3 Å². The van der Waals surface area contributed by atoms with Crippen LogP contribution in [0.25, 0.3) is 0 Å². The van der Waals surface area contributed by atoms with Crippen molar-refractivity contribution in [1.82, 2.24) is 4.90 Å². The lowest BCUT2D eigenvalue weighted by atomic mass is 9.73. The Hall–Kier alpha value is -2.97. The third-order valence-electron chi connectivity index (χ3n) is 9.10. The monoisotopic (exact) mass is 550 g/mol. The molecule has 2 fully saturated rings. The highest BCUT2D eigenvalue weighted by Crippen LogP contribution is 2.58. The fourth-order valence-corrected chi connectivity index (χ4v) is 7.07. The van der Waals surface area contributed by atoms with E-state index in [-0.39, 0.29) is 18.4 Å². The summed E-state index contributed by atoms with van der Waals surface area (Å²) in [7, 11) is 0. The lowest BCUT2D eigenvalue weighted by molar-refractivity contribution is -0.160. The van der Waals surface area contributed by atoms with Gasteiger partial charge >= 0.3 is 5.97 Å². The van der Waals surface area contributed by atoms with Gasteiger partial charge in [0.1, 0.15) is 23.2 Å². The second kappa shape index (κ2) is 11.5. The molecule has 0 saturated carbocycles. The van der Waals surface area contributed by atoms with Gasteiger partial charge in [-0.15, -0.1) is 0 Å². The zero-order valence-corrected chi connectivity index (χ0v) is 23.9. The van der Waals surface area contributed by atoms with Crippen molar-refractivity contribution in [2.24, 2.45) is 11.8 Å². The minimum Gasteiger partial charge on any atom is -0.465 e. The number of carbonyl (C=O) groups is 3. The number of ether oxygens (including phenoxy) is 2. The summed E-state index contributed by atoms with van der Waals surface area (Å²) in [5.41, 5.74) is 0.476. The minimum atomic E-state index is -1.30. The molecule has 1 N–H and O–H groups in total. The van der Waals surface area contributed by atoms with E-state index in [4.69, 9.17) is 9.47 Å². The third kappa shape index (κ3) is 4.69. The summed E-state index contributed by atoms with van der Waals surface area (Å²) < 4.78 is 12.8. The summed E-state index contributed by atoms with van der Waals surface area (Å²) >= 11 is 0. The number of hydrogen-bond acceptors (Lipinski definition) is 6. The maximum atomic E-state index is 14.6. The highest BCUT2D eigenvalue weighted by Gasteiger charge is 2.75. The average Bonchev–Trinajstić information content (AvgIpc) is 3.29. The summed E-state index contributed by atoms with van der Waals surface area (Å²) in [6, 6.07) is 5.11.